The average molecular weight is 1030 g/mol. The summed E-state index contributed by atoms with van der Waals surface area (Å²) in [7, 11) is 0. The van der Waals surface area contributed by atoms with Crippen molar-refractivity contribution in [2.75, 3.05) is 0 Å². The fourth-order valence-corrected chi connectivity index (χ4v) is 10.8. The molecule has 0 aliphatic heterocycles. The number of alkyl halides is 6. The summed E-state index contributed by atoms with van der Waals surface area (Å²) in [6.45, 7) is 0. The van der Waals surface area contributed by atoms with E-state index in [0.717, 1.165) is 24.3 Å². The molecule has 12 aromatic rings. The van der Waals surface area contributed by atoms with E-state index in [0.29, 0.717) is 110 Å². The van der Waals surface area contributed by atoms with Gasteiger partial charge in [-0.1, -0.05) is 109 Å². The lowest BCUT2D eigenvalue weighted by Crippen LogP contribution is -2.11. The van der Waals surface area contributed by atoms with Crippen molar-refractivity contribution in [1.82, 2.24) is 9.13 Å². The number of rotatable bonds is 7. The van der Waals surface area contributed by atoms with Crippen LogP contribution in [-0.2, 0) is 12.4 Å². The lowest BCUT2D eigenvalue weighted by Gasteiger charge is -2.23. The summed E-state index contributed by atoms with van der Waals surface area (Å²) < 4.78 is 96.2. The Balaban J connectivity index is 1.25. The molecule has 78 heavy (non-hydrogen) atoms. The molecule has 12 heteroatoms. The molecule has 10 aromatic carbocycles. The zero-order chi connectivity index (χ0) is 54.0. The molecule has 0 radical (unpaired) electrons. The van der Waals surface area contributed by atoms with Gasteiger partial charge in [0.25, 0.3) is 0 Å². The molecule has 2 heterocycles. The third-order valence-corrected chi connectivity index (χ3v) is 14.3. The summed E-state index contributed by atoms with van der Waals surface area (Å²) in [5, 5.41) is 42.9. The molecule has 0 fully saturated rings. The minimum absolute atomic E-state index is 0.0299. The number of nitrogens with zero attached hydrogens (tertiary/aromatic N) is 6. The first kappa shape index (κ1) is 48.3. The van der Waals surface area contributed by atoms with E-state index < -0.39 is 23.5 Å². The number of halogens is 6. The van der Waals surface area contributed by atoms with Crippen LogP contribution in [0.4, 0.5) is 26.3 Å². The van der Waals surface area contributed by atoms with Gasteiger partial charge in [-0.05, 0) is 147 Å². The smallest absolute Gasteiger partial charge is 0.309 e. The van der Waals surface area contributed by atoms with E-state index in [1.807, 2.05) is 24.3 Å². The van der Waals surface area contributed by atoms with Crippen molar-refractivity contribution in [2.24, 2.45) is 0 Å². The highest BCUT2D eigenvalue weighted by molar-refractivity contribution is 6.14. The zero-order valence-electron chi connectivity index (χ0n) is 40.6. The first-order valence-electron chi connectivity index (χ1n) is 24.4. The third kappa shape index (κ3) is 8.05. The van der Waals surface area contributed by atoms with Crippen LogP contribution in [0, 0.1) is 45.3 Å². The van der Waals surface area contributed by atoms with Crippen LogP contribution in [0.1, 0.15) is 33.4 Å². The van der Waals surface area contributed by atoms with Gasteiger partial charge in [0.1, 0.15) is 0 Å². The summed E-state index contributed by atoms with van der Waals surface area (Å²) >= 11 is 0. The van der Waals surface area contributed by atoms with Crippen molar-refractivity contribution in [1.29, 1.82) is 21.0 Å². The molecule has 6 nitrogen and oxygen atoms in total. The Morgan fingerprint density at radius 2 is 0.603 bits per heavy atom. The molecule has 0 N–H and O–H groups in total. The molecule has 0 saturated carbocycles. The predicted octanol–water partition coefficient (Wildman–Crippen LogP) is 17.7. The highest BCUT2D eigenvalue weighted by atomic mass is 19.4. The van der Waals surface area contributed by atoms with Gasteiger partial charge in [-0.25, -0.2) is 0 Å². The molecule has 0 unspecified atom stereocenters. The van der Waals surface area contributed by atoms with Gasteiger partial charge in [-0.15, -0.1) is 0 Å². The van der Waals surface area contributed by atoms with Gasteiger partial charge in [0, 0.05) is 27.1 Å². The molecule has 0 atom stereocenters. The molecule has 0 bridgehead atoms. The monoisotopic (exact) mass is 1020 g/mol. The van der Waals surface area contributed by atoms with E-state index in [1.165, 1.54) is 12.1 Å². The topological polar surface area (TPSA) is 105 Å². The maximum absolute atomic E-state index is 16.0. The Hall–Kier alpha value is -10.7. The van der Waals surface area contributed by atoms with Gasteiger partial charge in [0.15, 0.2) is 0 Å². The summed E-state index contributed by atoms with van der Waals surface area (Å²) in [6.07, 6.45) is -9.85. The van der Waals surface area contributed by atoms with Crippen LogP contribution >= 0.6 is 0 Å². The number of nitriles is 4. The predicted molar refractivity (Wildman–Crippen MR) is 291 cm³/mol. The normalized spacial score (nSPS) is 11.7. The lowest BCUT2D eigenvalue weighted by atomic mass is 9.96. The molecule has 0 saturated heterocycles. The quantitative estimate of drug-likeness (QED) is 0.148. The first-order valence-corrected chi connectivity index (χ1v) is 24.4. The van der Waals surface area contributed by atoms with Crippen molar-refractivity contribution in [3.63, 3.8) is 0 Å². The third-order valence-electron chi connectivity index (χ3n) is 14.3. The van der Waals surface area contributed by atoms with Gasteiger partial charge < -0.3 is 9.13 Å². The molecular weight excluding hydrogens is 991 g/mol. The molecular formula is C66H34F6N6. The average Bonchev–Trinajstić information content (AvgIpc) is 4.15. The van der Waals surface area contributed by atoms with Crippen molar-refractivity contribution in [2.45, 2.75) is 12.4 Å². The number of benzene rings is 10. The van der Waals surface area contributed by atoms with Crippen molar-refractivity contribution in [3.8, 4) is 91.3 Å². The zero-order valence-corrected chi connectivity index (χ0v) is 40.6. The van der Waals surface area contributed by atoms with Crippen LogP contribution in [0.2, 0.25) is 0 Å². The van der Waals surface area contributed by atoms with E-state index in [2.05, 4.69) is 24.3 Å². The minimum Gasteiger partial charge on any atom is -0.309 e. The summed E-state index contributed by atoms with van der Waals surface area (Å²) in [5.74, 6) is 0. The number of hydrogen-bond donors (Lipinski definition) is 0. The van der Waals surface area contributed by atoms with Crippen LogP contribution in [0.3, 0.4) is 0 Å². The number of fused-ring (bicyclic) bond motifs is 6. The van der Waals surface area contributed by atoms with Crippen LogP contribution in [0.5, 0.6) is 0 Å². The highest BCUT2D eigenvalue weighted by Gasteiger charge is 2.36. The summed E-state index contributed by atoms with van der Waals surface area (Å²) in [4.78, 5) is 0. The van der Waals surface area contributed by atoms with Crippen molar-refractivity contribution < 1.29 is 26.3 Å². The van der Waals surface area contributed by atoms with Gasteiger partial charge >= 0.3 is 12.4 Å². The molecule has 0 amide bonds. The second-order valence-corrected chi connectivity index (χ2v) is 18.7. The molecule has 370 valence electrons. The summed E-state index contributed by atoms with van der Waals surface area (Å²) in [6, 6.07) is 64.8. The van der Waals surface area contributed by atoms with Gasteiger partial charge in [0.2, 0.25) is 0 Å². The molecule has 0 spiro atoms. The number of hydrogen-bond acceptors (Lipinski definition) is 4. The van der Waals surface area contributed by atoms with Crippen molar-refractivity contribution in [3.05, 3.63) is 240 Å². The molecule has 2 aromatic heterocycles. The van der Waals surface area contributed by atoms with E-state index >= 15 is 13.2 Å². The fraction of sp³-hybridized carbons (Fsp3) is 0.0303. The van der Waals surface area contributed by atoms with E-state index in [1.54, 1.807) is 155 Å². The second-order valence-electron chi connectivity index (χ2n) is 18.7. The van der Waals surface area contributed by atoms with Crippen LogP contribution in [-0.4, -0.2) is 9.13 Å². The fourth-order valence-electron chi connectivity index (χ4n) is 10.8. The van der Waals surface area contributed by atoms with Crippen LogP contribution in [0.25, 0.3) is 111 Å². The van der Waals surface area contributed by atoms with E-state index in [-0.39, 0.29) is 22.5 Å². The molecule has 0 aliphatic carbocycles. The second kappa shape index (κ2) is 18.6. The minimum atomic E-state index is -5.00. The Bertz CT molecular complexity index is 4180. The maximum atomic E-state index is 16.0. The molecule has 12 rings (SSSR count). The van der Waals surface area contributed by atoms with Crippen LogP contribution < -0.4 is 0 Å². The molecule has 0 aliphatic rings. The largest absolute Gasteiger partial charge is 0.416 e. The Morgan fingerprint density at radius 3 is 0.897 bits per heavy atom. The summed E-state index contributed by atoms with van der Waals surface area (Å²) in [5.41, 5.74) is 5.74. The maximum Gasteiger partial charge on any atom is 0.416 e. The Kier molecular flexibility index (Phi) is 11.5. The Labute approximate surface area is 441 Å². The van der Waals surface area contributed by atoms with Gasteiger partial charge in [0.05, 0.1) is 91.1 Å². The number of aromatic nitrogens is 2. The van der Waals surface area contributed by atoms with E-state index in [4.69, 9.17) is 0 Å². The standard InChI is InChI=1S/C66H34F6N6/c67-65(68,69)48-15-9-14-43(28-48)64-62(77-58-24-20-39(50-16-5-1-10-44(50)35-73)29-54(58)55-30-40(21-25-59(55)77)51-17-6-2-11-45(51)36-74)33-49(66(70,71)72)34-63(64)78-60-26-22-41(52-18-7-3-12-46(52)37-75)31-56(60)57-32-42(23-27-61(57)78)53-19-8-4-13-47(53)38-76/h1-34H. The van der Waals surface area contributed by atoms with Crippen LogP contribution in [0.15, 0.2) is 206 Å². The SMILES string of the molecule is N#Cc1ccccc1-c1ccc2c(c1)c1cc(-c3ccccc3C#N)ccc1n2-c1cc(C(F)(F)F)cc(-n2c3ccc(-c4ccccc4C#N)cc3c3cc(-c4ccccc4C#N)ccc32)c1-c1cccc(C(F)(F)F)c1. The first-order chi connectivity index (χ1) is 37.8. The van der Waals surface area contributed by atoms with Gasteiger partial charge in [-0.3, -0.25) is 0 Å². The van der Waals surface area contributed by atoms with Gasteiger partial charge in [-0.2, -0.15) is 47.4 Å². The highest BCUT2D eigenvalue weighted by Crippen LogP contribution is 2.48. The van der Waals surface area contributed by atoms with Crippen molar-refractivity contribution >= 4 is 43.6 Å². The Morgan fingerprint density at radius 1 is 0.295 bits per heavy atom. The van der Waals surface area contributed by atoms with E-state index in [9.17, 15) is 34.2 Å². The lowest BCUT2D eigenvalue weighted by molar-refractivity contribution is -0.138.